The van der Waals surface area contributed by atoms with Crippen LogP contribution < -0.4 is 10.9 Å². The highest BCUT2D eigenvalue weighted by Crippen LogP contribution is 2.26. The lowest BCUT2D eigenvalue weighted by molar-refractivity contribution is 0.102. The number of amides is 1. The highest BCUT2D eigenvalue weighted by atomic mass is 32.1. The van der Waals surface area contributed by atoms with Gasteiger partial charge in [-0.1, -0.05) is 17.4 Å². The number of aryl methyl sites for hydroxylation is 2. The standard InChI is InChI=1S/C15H13N3O2S/c1-9-3-5-11-12(7-9)21-15(16-11)17-14(20)10-4-6-13(19)18(2)8-10/h3-8H,1-2H3,(H,16,17,20). The highest BCUT2D eigenvalue weighted by molar-refractivity contribution is 7.22. The van der Waals surface area contributed by atoms with Crippen molar-refractivity contribution in [2.24, 2.45) is 7.05 Å². The minimum absolute atomic E-state index is 0.151. The molecule has 2 aromatic heterocycles. The van der Waals surface area contributed by atoms with Crippen LogP contribution in [0.25, 0.3) is 10.2 Å². The van der Waals surface area contributed by atoms with E-state index in [0.717, 1.165) is 15.8 Å². The molecule has 0 bridgehead atoms. The predicted molar refractivity (Wildman–Crippen MR) is 84.0 cm³/mol. The molecule has 0 saturated heterocycles. The van der Waals surface area contributed by atoms with Crippen molar-refractivity contribution in [2.75, 3.05) is 5.32 Å². The molecule has 0 aliphatic heterocycles. The number of benzene rings is 1. The maximum atomic E-state index is 12.2. The van der Waals surface area contributed by atoms with E-state index in [1.165, 1.54) is 34.2 Å². The van der Waals surface area contributed by atoms with Crippen LogP contribution in [0.2, 0.25) is 0 Å². The van der Waals surface area contributed by atoms with Crippen molar-refractivity contribution < 1.29 is 4.79 Å². The van der Waals surface area contributed by atoms with Gasteiger partial charge in [0.2, 0.25) is 5.56 Å². The summed E-state index contributed by atoms with van der Waals surface area (Å²) in [7, 11) is 1.61. The van der Waals surface area contributed by atoms with Crippen LogP contribution in [-0.4, -0.2) is 15.5 Å². The first-order chi connectivity index (χ1) is 10.0. The van der Waals surface area contributed by atoms with E-state index >= 15 is 0 Å². The smallest absolute Gasteiger partial charge is 0.258 e. The monoisotopic (exact) mass is 299 g/mol. The Balaban J connectivity index is 1.88. The summed E-state index contributed by atoms with van der Waals surface area (Å²) in [6.45, 7) is 2.02. The van der Waals surface area contributed by atoms with E-state index in [0.29, 0.717) is 10.7 Å². The van der Waals surface area contributed by atoms with E-state index in [4.69, 9.17) is 0 Å². The van der Waals surface area contributed by atoms with Gasteiger partial charge < -0.3 is 4.57 Å². The molecule has 0 atom stereocenters. The molecule has 5 nitrogen and oxygen atoms in total. The summed E-state index contributed by atoms with van der Waals surface area (Å²) >= 11 is 1.43. The van der Waals surface area contributed by atoms with Gasteiger partial charge in [0.25, 0.3) is 5.91 Å². The molecule has 0 unspecified atom stereocenters. The Hall–Kier alpha value is -2.47. The fraction of sp³-hybridized carbons (Fsp3) is 0.133. The predicted octanol–water partition coefficient (Wildman–Crippen LogP) is 2.56. The Morgan fingerprint density at radius 3 is 2.86 bits per heavy atom. The number of aromatic nitrogens is 2. The van der Waals surface area contributed by atoms with E-state index < -0.39 is 0 Å². The van der Waals surface area contributed by atoms with Gasteiger partial charge in [0.05, 0.1) is 15.8 Å². The molecule has 0 radical (unpaired) electrons. The van der Waals surface area contributed by atoms with Crippen LogP contribution in [-0.2, 0) is 7.05 Å². The van der Waals surface area contributed by atoms with Gasteiger partial charge in [-0.05, 0) is 30.7 Å². The maximum Gasteiger partial charge on any atom is 0.258 e. The molecule has 1 aromatic carbocycles. The van der Waals surface area contributed by atoms with E-state index in [2.05, 4.69) is 10.3 Å². The Morgan fingerprint density at radius 2 is 2.10 bits per heavy atom. The number of anilines is 1. The molecule has 1 amide bonds. The zero-order valence-electron chi connectivity index (χ0n) is 11.6. The second-order valence-corrected chi connectivity index (χ2v) is 5.84. The first-order valence-corrected chi connectivity index (χ1v) is 7.20. The average molecular weight is 299 g/mol. The lowest BCUT2D eigenvalue weighted by Gasteiger charge is -2.03. The number of thiazole rings is 1. The molecular weight excluding hydrogens is 286 g/mol. The molecular formula is C15H13N3O2S. The summed E-state index contributed by atoms with van der Waals surface area (Å²) in [5.41, 5.74) is 2.29. The molecule has 0 spiro atoms. The van der Waals surface area contributed by atoms with Crippen LogP contribution in [0, 0.1) is 6.92 Å². The van der Waals surface area contributed by atoms with Crippen LogP contribution in [0.5, 0.6) is 0 Å². The zero-order chi connectivity index (χ0) is 15.0. The topological polar surface area (TPSA) is 64.0 Å². The quantitative estimate of drug-likeness (QED) is 0.791. The van der Waals surface area contributed by atoms with Gasteiger partial charge in [0.15, 0.2) is 5.13 Å². The zero-order valence-corrected chi connectivity index (χ0v) is 12.4. The fourth-order valence-corrected chi connectivity index (χ4v) is 2.94. The van der Waals surface area contributed by atoms with Crippen molar-refractivity contribution in [2.45, 2.75) is 6.92 Å². The van der Waals surface area contributed by atoms with Crippen molar-refractivity contribution in [3.63, 3.8) is 0 Å². The molecule has 0 aliphatic carbocycles. The number of hydrogen-bond donors (Lipinski definition) is 1. The van der Waals surface area contributed by atoms with Crippen molar-refractivity contribution >= 4 is 32.6 Å². The molecule has 21 heavy (non-hydrogen) atoms. The molecule has 0 aliphatic rings. The van der Waals surface area contributed by atoms with Crippen molar-refractivity contribution in [3.05, 3.63) is 58.0 Å². The minimum Gasteiger partial charge on any atom is -0.318 e. The number of rotatable bonds is 2. The van der Waals surface area contributed by atoms with Crippen LogP contribution in [0.15, 0.2) is 41.3 Å². The van der Waals surface area contributed by atoms with Gasteiger partial charge in [-0.2, -0.15) is 0 Å². The van der Waals surface area contributed by atoms with Gasteiger partial charge in [0, 0.05) is 19.3 Å². The summed E-state index contributed by atoms with van der Waals surface area (Å²) < 4.78 is 2.40. The van der Waals surface area contributed by atoms with Crippen LogP contribution in [0.3, 0.4) is 0 Å². The molecule has 2 heterocycles. The molecule has 106 valence electrons. The number of nitrogens with zero attached hydrogens (tertiary/aromatic N) is 2. The lowest BCUT2D eigenvalue weighted by atomic mass is 10.2. The van der Waals surface area contributed by atoms with E-state index in [1.807, 2.05) is 25.1 Å². The molecule has 3 aromatic rings. The lowest BCUT2D eigenvalue weighted by Crippen LogP contribution is -2.19. The van der Waals surface area contributed by atoms with Gasteiger partial charge in [-0.25, -0.2) is 4.98 Å². The van der Waals surface area contributed by atoms with E-state index in [9.17, 15) is 9.59 Å². The van der Waals surface area contributed by atoms with E-state index in [1.54, 1.807) is 7.05 Å². The van der Waals surface area contributed by atoms with Gasteiger partial charge in [0.1, 0.15) is 0 Å². The van der Waals surface area contributed by atoms with Crippen LogP contribution in [0.4, 0.5) is 5.13 Å². The Kier molecular flexibility index (Phi) is 3.31. The third kappa shape index (κ3) is 2.71. The molecule has 6 heteroatoms. The maximum absolute atomic E-state index is 12.2. The third-order valence-corrected chi connectivity index (χ3v) is 4.05. The van der Waals surface area contributed by atoms with Crippen molar-refractivity contribution in [1.82, 2.24) is 9.55 Å². The Labute approximate surface area is 124 Å². The molecule has 0 saturated carbocycles. The number of pyridine rings is 1. The van der Waals surface area contributed by atoms with E-state index in [-0.39, 0.29) is 11.5 Å². The normalized spacial score (nSPS) is 10.8. The summed E-state index contributed by atoms with van der Waals surface area (Å²) in [6.07, 6.45) is 1.51. The minimum atomic E-state index is -0.277. The number of carbonyl (C=O) groups is 1. The van der Waals surface area contributed by atoms with Crippen molar-refractivity contribution in [1.29, 1.82) is 0 Å². The van der Waals surface area contributed by atoms with Crippen LogP contribution in [0.1, 0.15) is 15.9 Å². The molecule has 1 N–H and O–H groups in total. The Morgan fingerprint density at radius 1 is 1.29 bits per heavy atom. The number of fused-ring (bicyclic) bond motifs is 1. The SMILES string of the molecule is Cc1ccc2nc(NC(=O)c3ccc(=O)n(C)c3)sc2c1. The van der Waals surface area contributed by atoms with Gasteiger partial charge in [-0.15, -0.1) is 0 Å². The highest BCUT2D eigenvalue weighted by Gasteiger charge is 2.10. The summed E-state index contributed by atoms with van der Waals surface area (Å²) in [5.74, 6) is -0.277. The van der Waals surface area contributed by atoms with Gasteiger partial charge >= 0.3 is 0 Å². The second-order valence-electron chi connectivity index (χ2n) is 4.81. The largest absolute Gasteiger partial charge is 0.318 e. The molecule has 3 rings (SSSR count). The second kappa shape index (κ2) is 5.14. The number of hydrogen-bond acceptors (Lipinski definition) is 4. The van der Waals surface area contributed by atoms with Crippen molar-refractivity contribution in [3.8, 4) is 0 Å². The summed E-state index contributed by atoms with van der Waals surface area (Å²) in [6, 6.07) is 8.84. The number of nitrogens with one attached hydrogen (secondary N) is 1. The first kappa shape index (κ1) is 13.5. The summed E-state index contributed by atoms with van der Waals surface area (Å²) in [5, 5.41) is 3.32. The third-order valence-electron chi connectivity index (χ3n) is 3.11. The average Bonchev–Trinajstić information content (AvgIpc) is 2.83. The number of carbonyl (C=O) groups excluding carboxylic acids is 1. The first-order valence-electron chi connectivity index (χ1n) is 6.38. The molecule has 0 fully saturated rings. The fourth-order valence-electron chi connectivity index (χ4n) is 1.98. The Bertz CT molecular complexity index is 895. The van der Waals surface area contributed by atoms with Crippen LogP contribution >= 0.6 is 11.3 Å². The van der Waals surface area contributed by atoms with Gasteiger partial charge in [-0.3, -0.25) is 14.9 Å². The summed E-state index contributed by atoms with van der Waals surface area (Å²) in [4.78, 5) is 27.9.